The van der Waals surface area contributed by atoms with E-state index in [-0.39, 0.29) is 0 Å². The maximum absolute atomic E-state index is 6.29. The van der Waals surface area contributed by atoms with Gasteiger partial charge in [-0.3, -0.25) is 9.47 Å². The van der Waals surface area contributed by atoms with Gasteiger partial charge < -0.3 is 15.4 Å². The fraction of sp³-hybridized carbons (Fsp3) is 0.469. The Morgan fingerprint density at radius 2 is 1.57 bits per heavy atom. The summed E-state index contributed by atoms with van der Waals surface area (Å²) in [6, 6.07) is 16.7. The molecule has 0 spiro atoms. The van der Waals surface area contributed by atoms with Gasteiger partial charge in [0.15, 0.2) is 11.5 Å². The number of morpholine rings is 1. The van der Waals surface area contributed by atoms with Crippen molar-refractivity contribution < 1.29 is 4.74 Å². The molecule has 0 bridgehead atoms. The van der Waals surface area contributed by atoms with Crippen molar-refractivity contribution in [1.29, 1.82) is 0 Å². The van der Waals surface area contributed by atoms with Gasteiger partial charge in [0.25, 0.3) is 0 Å². The topological polar surface area (TPSA) is 85.3 Å². The molecule has 2 N–H and O–H groups in total. The van der Waals surface area contributed by atoms with E-state index in [2.05, 4.69) is 50.5 Å². The van der Waals surface area contributed by atoms with Crippen molar-refractivity contribution in [2.24, 2.45) is 5.92 Å². The molecule has 6 rings (SSSR count). The fourth-order valence-corrected chi connectivity index (χ4v) is 5.18. The van der Waals surface area contributed by atoms with E-state index in [1.165, 1.54) is 31.5 Å². The average molecular weight is 544 g/mol. The van der Waals surface area contributed by atoms with Crippen molar-refractivity contribution in [3.05, 3.63) is 60.3 Å². The summed E-state index contributed by atoms with van der Waals surface area (Å²) < 4.78 is 7.65. The summed E-state index contributed by atoms with van der Waals surface area (Å²) in [5.41, 5.74) is 11.1. The maximum atomic E-state index is 6.29. The standard InChI is InChI=1S/C28H33N7O.2C2H6/c1-20-10-13-33(14-11-20)19-21-4-6-22(7-5-21)35-27(23-3-2-12-30-26(23)29)31-24-8-9-25(32-28(24)35)34-15-17-36-18-16-34;2*1-2/h2-9,12,20H,10-11,13-19H2,1H3,(H2,29,30);2*1-2H3. The maximum Gasteiger partial charge on any atom is 0.167 e. The molecule has 40 heavy (non-hydrogen) atoms. The first-order valence-electron chi connectivity index (χ1n) is 14.9. The van der Waals surface area contributed by atoms with Crippen molar-refractivity contribution in [3.8, 4) is 17.1 Å². The van der Waals surface area contributed by atoms with Crippen LogP contribution in [0, 0.1) is 5.92 Å². The highest BCUT2D eigenvalue weighted by atomic mass is 16.5. The van der Waals surface area contributed by atoms with Crippen molar-refractivity contribution in [1.82, 2.24) is 24.4 Å². The third-order valence-electron chi connectivity index (χ3n) is 7.38. The van der Waals surface area contributed by atoms with Crippen LogP contribution < -0.4 is 10.6 Å². The van der Waals surface area contributed by atoms with E-state index >= 15 is 0 Å². The lowest BCUT2D eigenvalue weighted by Gasteiger charge is -2.30. The van der Waals surface area contributed by atoms with E-state index < -0.39 is 0 Å². The van der Waals surface area contributed by atoms with E-state index in [1.54, 1.807) is 6.20 Å². The minimum absolute atomic E-state index is 0.457. The Labute approximate surface area is 239 Å². The molecule has 0 atom stereocenters. The molecule has 0 amide bonds. The van der Waals surface area contributed by atoms with E-state index in [0.717, 1.165) is 59.6 Å². The number of hydrogen-bond acceptors (Lipinski definition) is 7. The van der Waals surface area contributed by atoms with Crippen LogP contribution in [0.25, 0.3) is 28.2 Å². The highest BCUT2D eigenvalue weighted by Gasteiger charge is 2.21. The molecule has 214 valence electrons. The quantitative estimate of drug-likeness (QED) is 0.321. The number of likely N-dealkylation sites (tertiary alicyclic amines) is 1. The Bertz CT molecular complexity index is 1340. The van der Waals surface area contributed by atoms with Crippen molar-refractivity contribution in [2.45, 2.75) is 54.0 Å². The Hall–Kier alpha value is -3.49. The van der Waals surface area contributed by atoms with E-state index in [9.17, 15) is 0 Å². The Morgan fingerprint density at radius 1 is 0.875 bits per heavy atom. The molecule has 0 unspecified atom stereocenters. The highest BCUT2D eigenvalue weighted by Crippen LogP contribution is 2.31. The third kappa shape index (κ3) is 6.62. The zero-order valence-corrected chi connectivity index (χ0v) is 24.8. The molecule has 3 aromatic heterocycles. The summed E-state index contributed by atoms with van der Waals surface area (Å²) >= 11 is 0. The number of imidazole rings is 1. The number of piperidine rings is 1. The van der Waals surface area contributed by atoms with E-state index in [1.807, 2.05) is 52.0 Å². The molecule has 0 radical (unpaired) electrons. The minimum atomic E-state index is 0.457. The number of fused-ring (bicyclic) bond motifs is 1. The van der Waals surface area contributed by atoms with Gasteiger partial charge in [-0.25, -0.2) is 15.0 Å². The second-order valence-electron chi connectivity index (χ2n) is 9.94. The van der Waals surface area contributed by atoms with Gasteiger partial charge in [0.2, 0.25) is 0 Å². The van der Waals surface area contributed by atoms with Gasteiger partial charge >= 0.3 is 0 Å². The Morgan fingerprint density at radius 3 is 2.25 bits per heavy atom. The second-order valence-corrected chi connectivity index (χ2v) is 9.94. The van der Waals surface area contributed by atoms with Crippen molar-refractivity contribution >= 4 is 22.8 Å². The monoisotopic (exact) mass is 543 g/mol. The van der Waals surface area contributed by atoms with Crippen LogP contribution in [0.1, 0.15) is 53.0 Å². The highest BCUT2D eigenvalue weighted by molar-refractivity contribution is 5.83. The van der Waals surface area contributed by atoms with Crippen LogP contribution in [0.3, 0.4) is 0 Å². The predicted octanol–water partition coefficient (Wildman–Crippen LogP) is 6.19. The summed E-state index contributed by atoms with van der Waals surface area (Å²) in [6.07, 6.45) is 4.27. The number of aromatic nitrogens is 4. The summed E-state index contributed by atoms with van der Waals surface area (Å²) in [4.78, 5) is 19.2. The number of nitrogen functional groups attached to an aromatic ring is 1. The Kier molecular flexibility index (Phi) is 10.5. The lowest BCUT2D eigenvalue weighted by Crippen LogP contribution is -2.36. The van der Waals surface area contributed by atoms with Crippen LogP contribution in [0.4, 0.5) is 11.6 Å². The number of rotatable bonds is 5. The molecule has 2 saturated heterocycles. The van der Waals surface area contributed by atoms with E-state index in [0.29, 0.717) is 19.0 Å². The summed E-state index contributed by atoms with van der Waals surface area (Å²) in [6.45, 7) is 16.8. The SMILES string of the molecule is CC.CC.CC1CCN(Cc2ccc(-n3c(-c4cccnc4N)nc4ccc(N5CCOCC5)nc43)cc2)CC1. The van der Waals surface area contributed by atoms with Gasteiger partial charge in [-0.2, -0.15) is 0 Å². The first-order valence-corrected chi connectivity index (χ1v) is 14.9. The molecular weight excluding hydrogens is 498 g/mol. The van der Waals surface area contributed by atoms with Gasteiger partial charge in [0.1, 0.15) is 17.2 Å². The average Bonchev–Trinajstić information content (AvgIpc) is 3.40. The molecule has 8 nitrogen and oxygen atoms in total. The summed E-state index contributed by atoms with van der Waals surface area (Å²) in [7, 11) is 0. The Balaban J connectivity index is 0.000000886. The molecule has 2 aliphatic heterocycles. The van der Waals surface area contributed by atoms with Gasteiger partial charge in [0.05, 0.1) is 18.8 Å². The second kappa shape index (κ2) is 14.2. The van der Waals surface area contributed by atoms with Gasteiger partial charge in [-0.1, -0.05) is 46.8 Å². The smallest absolute Gasteiger partial charge is 0.167 e. The predicted molar refractivity (Wildman–Crippen MR) is 166 cm³/mol. The molecule has 0 aliphatic carbocycles. The molecule has 2 aliphatic rings. The van der Waals surface area contributed by atoms with Gasteiger partial charge in [-0.15, -0.1) is 0 Å². The summed E-state index contributed by atoms with van der Waals surface area (Å²) in [5, 5.41) is 0. The lowest BCUT2D eigenvalue weighted by atomic mass is 9.99. The lowest BCUT2D eigenvalue weighted by molar-refractivity contribution is 0.122. The largest absolute Gasteiger partial charge is 0.383 e. The molecule has 4 aromatic rings. The third-order valence-corrected chi connectivity index (χ3v) is 7.38. The first-order chi connectivity index (χ1) is 19.7. The van der Waals surface area contributed by atoms with Crippen LogP contribution in [0.15, 0.2) is 54.7 Å². The number of anilines is 2. The van der Waals surface area contributed by atoms with Crippen LogP contribution in [0.5, 0.6) is 0 Å². The fourth-order valence-electron chi connectivity index (χ4n) is 5.18. The van der Waals surface area contributed by atoms with Gasteiger partial charge in [0, 0.05) is 31.5 Å². The van der Waals surface area contributed by atoms with Crippen LogP contribution in [-0.4, -0.2) is 63.8 Å². The van der Waals surface area contributed by atoms with Crippen molar-refractivity contribution in [3.63, 3.8) is 0 Å². The van der Waals surface area contributed by atoms with Crippen LogP contribution >= 0.6 is 0 Å². The zero-order chi connectivity index (χ0) is 28.5. The number of pyridine rings is 2. The van der Waals surface area contributed by atoms with Crippen LogP contribution in [-0.2, 0) is 11.3 Å². The summed E-state index contributed by atoms with van der Waals surface area (Å²) in [5.74, 6) is 2.98. The molecule has 1 aromatic carbocycles. The molecule has 0 saturated carbocycles. The normalized spacial score (nSPS) is 16.2. The number of ether oxygens (including phenoxy) is 1. The number of nitrogens with zero attached hydrogens (tertiary/aromatic N) is 6. The van der Waals surface area contributed by atoms with Crippen LogP contribution in [0.2, 0.25) is 0 Å². The molecule has 2 fully saturated rings. The minimum Gasteiger partial charge on any atom is -0.383 e. The van der Waals surface area contributed by atoms with E-state index in [4.69, 9.17) is 20.4 Å². The number of hydrogen-bond donors (Lipinski definition) is 1. The van der Waals surface area contributed by atoms with Crippen molar-refractivity contribution in [2.75, 3.05) is 50.0 Å². The number of nitrogens with two attached hydrogens (primary N) is 1. The molecular formula is C32H45N7O. The van der Waals surface area contributed by atoms with Gasteiger partial charge in [-0.05, 0) is 73.8 Å². The molecule has 5 heterocycles. The first kappa shape index (κ1) is 29.5. The zero-order valence-electron chi connectivity index (χ0n) is 24.8. The molecule has 8 heteroatoms. The number of benzene rings is 1.